The van der Waals surface area contributed by atoms with Gasteiger partial charge in [-0.05, 0) is 17.7 Å². The van der Waals surface area contributed by atoms with Gasteiger partial charge in [-0.1, -0.05) is 57.9 Å². The minimum absolute atomic E-state index is 0.0352. The molecule has 3 aromatic rings. The van der Waals surface area contributed by atoms with Gasteiger partial charge in [-0.3, -0.25) is 0 Å². The highest BCUT2D eigenvalue weighted by molar-refractivity contribution is 9.10. The van der Waals surface area contributed by atoms with Gasteiger partial charge in [0.2, 0.25) is 0 Å². The average Bonchev–Trinajstić information content (AvgIpc) is 2.89. The van der Waals surface area contributed by atoms with Gasteiger partial charge in [0.25, 0.3) is 0 Å². The third-order valence-corrected chi connectivity index (χ3v) is 3.57. The molecule has 0 saturated heterocycles. The molecule has 22 heavy (non-hydrogen) atoms. The van der Waals surface area contributed by atoms with Gasteiger partial charge in [-0.25, -0.2) is 10.1 Å². The standard InChI is InChI=1S/C15H10BrClN2O3/c16-10-6-11(17)13-12(7-10)18-14(22-13)19-15(20)21-8-9-4-2-1-3-5-9/h1-7H,8H2,(H,18,19,20). The summed E-state index contributed by atoms with van der Waals surface area (Å²) < 4.78 is 11.3. The van der Waals surface area contributed by atoms with Gasteiger partial charge in [0.15, 0.2) is 5.58 Å². The van der Waals surface area contributed by atoms with Crippen LogP contribution in [0.1, 0.15) is 5.56 Å². The van der Waals surface area contributed by atoms with Crippen LogP contribution in [-0.2, 0) is 11.3 Å². The molecule has 1 aromatic heterocycles. The SMILES string of the molecule is O=C(Nc1nc2cc(Br)cc(Cl)c2o1)OCc1ccccc1. The van der Waals surface area contributed by atoms with Crippen molar-refractivity contribution >= 4 is 50.7 Å². The first-order valence-electron chi connectivity index (χ1n) is 6.35. The second-order valence-electron chi connectivity index (χ2n) is 4.44. The van der Waals surface area contributed by atoms with E-state index in [2.05, 4.69) is 26.2 Å². The van der Waals surface area contributed by atoms with Crippen LogP contribution in [0.4, 0.5) is 10.8 Å². The number of oxazole rings is 1. The van der Waals surface area contributed by atoms with Crippen LogP contribution < -0.4 is 5.32 Å². The fraction of sp³-hybridized carbons (Fsp3) is 0.0667. The predicted octanol–water partition coefficient (Wildman–Crippen LogP) is 4.99. The highest BCUT2D eigenvalue weighted by Gasteiger charge is 2.13. The molecular weight excluding hydrogens is 372 g/mol. The number of hydrogen-bond acceptors (Lipinski definition) is 4. The lowest BCUT2D eigenvalue weighted by molar-refractivity contribution is 0.154. The lowest BCUT2D eigenvalue weighted by atomic mass is 10.2. The maximum atomic E-state index is 11.7. The molecule has 1 heterocycles. The summed E-state index contributed by atoms with van der Waals surface area (Å²) in [5.41, 5.74) is 1.84. The monoisotopic (exact) mass is 380 g/mol. The summed E-state index contributed by atoms with van der Waals surface area (Å²) in [4.78, 5) is 15.9. The number of nitrogens with zero attached hydrogens (tertiary/aromatic N) is 1. The van der Waals surface area contributed by atoms with Crippen molar-refractivity contribution in [1.29, 1.82) is 0 Å². The highest BCUT2D eigenvalue weighted by atomic mass is 79.9. The molecule has 0 aliphatic heterocycles. The summed E-state index contributed by atoms with van der Waals surface area (Å²) in [7, 11) is 0. The van der Waals surface area contributed by atoms with Gasteiger partial charge in [0, 0.05) is 4.47 Å². The molecule has 2 aromatic carbocycles. The number of ether oxygens (including phenoxy) is 1. The summed E-state index contributed by atoms with van der Waals surface area (Å²) in [6, 6.07) is 12.8. The van der Waals surface area contributed by atoms with Crippen molar-refractivity contribution in [2.45, 2.75) is 6.61 Å². The predicted molar refractivity (Wildman–Crippen MR) is 87.0 cm³/mol. The van der Waals surface area contributed by atoms with Crippen LogP contribution in [0.3, 0.4) is 0 Å². The van der Waals surface area contributed by atoms with E-state index in [1.807, 2.05) is 30.3 Å². The molecule has 0 bridgehead atoms. The molecule has 0 atom stereocenters. The Hall–Kier alpha value is -2.05. The maximum absolute atomic E-state index is 11.7. The molecule has 0 spiro atoms. The number of halogens is 2. The Morgan fingerprint density at radius 3 is 2.86 bits per heavy atom. The zero-order chi connectivity index (χ0) is 15.5. The molecule has 112 valence electrons. The molecule has 7 heteroatoms. The van der Waals surface area contributed by atoms with Crippen molar-refractivity contribution in [2.75, 3.05) is 5.32 Å². The molecule has 0 aliphatic carbocycles. The molecule has 3 rings (SSSR count). The van der Waals surface area contributed by atoms with Gasteiger partial charge < -0.3 is 9.15 Å². The summed E-state index contributed by atoms with van der Waals surface area (Å²) in [5.74, 6) is 0. The first-order valence-corrected chi connectivity index (χ1v) is 7.52. The number of amides is 1. The number of hydrogen-bond donors (Lipinski definition) is 1. The largest absolute Gasteiger partial charge is 0.444 e. The smallest absolute Gasteiger partial charge is 0.415 e. The van der Waals surface area contributed by atoms with Gasteiger partial charge in [0.1, 0.15) is 12.1 Å². The number of nitrogens with one attached hydrogen (secondary N) is 1. The first kappa shape index (κ1) is 14.9. The van der Waals surface area contributed by atoms with Gasteiger partial charge in [0.05, 0.1) is 5.02 Å². The van der Waals surface area contributed by atoms with E-state index >= 15 is 0 Å². The summed E-state index contributed by atoms with van der Waals surface area (Å²) in [6.07, 6.45) is -0.648. The van der Waals surface area contributed by atoms with E-state index in [1.54, 1.807) is 12.1 Å². The minimum Gasteiger partial charge on any atom is -0.444 e. The van der Waals surface area contributed by atoms with E-state index in [-0.39, 0.29) is 12.6 Å². The lowest BCUT2D eigenvalue weighted by Gasteiger charge is -2.03. The Balaban J connectivity index is 1.68. The van der Waals surface area contributed by atoms with Crippen molar-refractivity contribution in [3.8, 4) is 0 Å². The van der Waals surface area contributed by atoms with Crippen LogP contribution in [-0.4, -0.2) is 11.1 Å². The van der Waals surface area contributed by atoms with Crippen molar-refractivity contribution in [2.24, 2.45) is 0 Å². The van der Waals surface area contributed by atoms with E-state index in [9.17, 15) is 4.79 Å². The summed E-state index contributed by atoms with van der Waals surface area (Å²) in [6.45, 7) is 0.166. The van der Waals surface area contributed by atoms with E-state index in [4.69, 9.17) is 20.8 Å². The maximum Gasteiger partial charge on any atom is 0.415 e. The van der Waals surface area contributed by atoms with Crippen molar-refractivity contribution in [3.63, 3.8) is 0 Å². The quantitative estimate of drug-likeness (QED) is 0.694. The normalized spacial score (nSPS) is 10.6. The highest BCUT2D eigenvalue weighted by Crippen LogP contribution is 2.30. The number of carbonyl (C=O) groups is 1. The molecule has 0 unspecified atom stereocenters. The number of rotatable bonds is 3. The van der Waals surface area contributed by atoms with Gasteiger partial charge in [-0.15, -0.1) is 0 Å². The van der Waals surface area contributed by atoms with E-state index in [0.29, 0.717) is 16.1 Å². The number of anilines is 1. The van der Waals surface area contributed by atoms with E-state index in [0.717, 1.165) is 10.0 Å². The van der Waals surface area contributed by atoms with Crippen LogP contribution in [0.2, 0.25) is 5.02 Å². The van der Waals surface area contributed by atoms with Crippen LogP contribution in [0.15, 0.2) is 51.4 Å². The average molecular weight is 382 g/mol. The summed E-state index contributed by atoms with van der Waals surface area (Å²) >= 11 is 9.36. The molecule has 0 saturated carbocycles. The van der Waals surface area contributed by atoms with Gasteiger partial charge in [-0.2, -0.15) is 4.98 Å². The molecule has 5 nitrogen and oxygen atoms in total. The van der Waals surface area contributed by atoms with Gasteiger partial charge >= 0.3 is 12.1 Å². The zero-order valence-corrected chi connectivity index (χ0v) is 13.5. The number of aromatic nitrogens is 1. The number of carbonyl (C=O) groups excluding carboxylic acids is 1. The van der Waals surface area contributed by atoms with Crippen LogP contribution in [0.25, 0.3) is 11.1 Å². The molecule has 0 radical (unpaired) electrons. The third kappa shape index (κ3) is 3.40. The molecule has 0 aliphatic rings. The minimum atomic E-state index is -0.648. The zero-order valence-electron chi connectivity index (χ0n) is 11.2. The Labute approximate surface area is 139 Å². The van der Waals surface area contributed by atoms with Crippen LogP contribution in [0.5, 0.6) is 0 Å². The fourth-order valence-corrected chi connectivity index (χ4v) is 2.69. The van der Waals surface area contributed by atoms with E-state index in [1.165, 1.54) is 0 Å². The molecule has 0 fully saturated rings. The van der Waals surface area contributed by atoms with Crippen molar-refractivity contribution < 1.29 is 13.9 Å². The molecule has 1 amide bonds. The van der Waals surface area contributed by atoms with E-state index < -0.39 is 6.09 Å². The third-order valence-electron chi connectivity index (χ3n) is 2.83. The second-order valence-corrected chi connectivity index (χ2v) is 5.76. The number of benzene rings is 2. The summed E-state index contributed by atoms with van der Waals surface area (Å²) in [5, 5.41) is 2.84. The lowest BCUT2D eigenvalue weighted by Crippen LogP contribution is -2.13. The fourth-order valence-electron chi connectivity index (χ4n) is 1.86. The Bertz CT molecular complexity index is 820. The molecular formula is C15H10BrClN2O3. The van der Waals surface area contributed by atoms with Crippen molar-refractivity contribution in [1.82, 2.24) is 4.98 Å². The Morgan fingerprint density at radius 1 is 1.32 bits per heavy atom. The van der Waals surface area contributed by atoms with Crippen LogP contribution >= 0.6 is 27.5 Å². The first-order chi connectivity index (χ1) is 10.6. The Morgan fingerprint density at radius 2 is 2.09 bits per heavy atom. The van der Waals surface area contributed by atoms with Crippen LogP contribution in [0, 0.1) is 0 Å². The molecule has 1 N–H and O–H groups in total. The van der Waals surface area contributed by atoms with Crippen molar-refractivity contribution in [3.05, 3.63) is 57.5 Å². The topological polar surface area (TPSA) is 64.4 Å². The number of fused-ring (bicyclic) bond motifs is 1. The second kappa shape index (κ2) is 6.37. The Kier molecular flexibility index (Phi) is 4.31.